The molecule has 2 aliphatic heterocycles. The molecule has 2 heterocycles. The van der Waals surface area contributed by atoms with E-state index in [4.69, 9.17) is 14.2 Å². The first kappa shape index (κ1) is 18.8. The Balaban J connectivity index is 1.43. The van der Waals surface area contributed by atoms with E-state index < -0.39 is 10.8 Å². The van der Waals surface area contributed by atoms with Crippen molar-refractivity contribution in [2.45, 2.75) is 0 Å². The summed E-state index contributed by atoms with van der Waals surface area (Å²) in [5.74, 6) is 0.337. The van der Waals surface area contributed by atoms with Crippen LogP contribution in [0.4, 0.5) is 17.1 Å². The van der Waals surface area contributed by atoms with Gasteiger partial charge in [0.25, 0.3) is 5.69 Å². The Kier molecular flexibility index (Phi) is 5.30. The highest BCUT2D eigenvalue weighted by Gasteiger charge is 2.22. The van der Waals surface area contributed by atoms with E-state index >= 15 is 0 Å². The molecule has 0 atom stereocenters. The Morgan fingerprint density at radius 2 is 1.79 bits per heavy atom. The molecule has 0 aromatic heterocycles. The first-order chi connectivity index (χ1) is 14.1. The molecule has 0 bridgehead atoms. The quantitative estimate of drug-likeness (QED) is 0.470. The van der Waals surface area contributed by atoms with Crippen LogP contribution >= 0.6 is 0 Å². The highest BCUT2D eigenvalue weighted by molar-refractivity contribution is 6.02. The van der Waals surface area contributed by atoms with E-state index in [9.17, 15) is 14.9 Å². The van der Waals surface area contributed by atoms with Crippen LogP contribution in [-0.4, -0.2) is 43.9 Å². The molecule has 0 unspecified atom stereocenters. The van der Waals surface area contributed by atoms with Crippen molar-refractivity contribution in [1.29, 1.82) is 0 Å². The van der Waals surface area contributed by atoms with Crippen LogP contribution < -0.4 is 19.7 Å². The molecule has 0 radical (unpaired) electrons. The number of nitrogens with one attached hydrogen (secondary N) is 1. The first-order valence-corrected chi connectivity index (χ1v) is 9.10. The summed E-state index contributed by atoms with van der Waals surface area (Å²) < 4.78 is 15.8. The Bertz CT molecular complexity index is 951. The number of carbonyl (C=O) groups excluding carboxylic acids is 1. The van der Waals surface area contributed by atoms with E-state index in [1.807, 2.05) is 24.3 Å². The molecule has 9 heteroatoms. The summed E-state index contributed by atoms with van der Waals surface area (Å²) in [6.45, 7) is 3.09. The van der Waals surface area contributed by atoms with E-state index in [1.54, 1.807) is 0 Å². The number of morpholine rings is 1. The average molecular weight is 397 g/mol. The number of nitro benzene ring substituents is 1. The zero-order valence-electron chi connectivity index (χ0n) is 15.5. The SMILES string of the molecule is O=C(/C=C/c1cc2c(cc1[N+](=O)[O-])OCO2)Nc1ccc(N2CCOCC2)cc1. The topological polar surface area (TPSA) is 103 Å². The van der Waals surface area contributed by atoms with Crippen molar-refractivity contribution in [3.8, 4) is 11.5 Å². The van der Waals surface area contributed by atoms with Crippen molar-refractivity contribution in [2.24, 2.45) is 0 Å². The Labute approximate surface area is 166 Å². The molecule has 2 aliphatic rings. The van der Waals surface area contributed by atoms with E-state index in [-0.39, 0.29) is 18.0 Å². The van der Waals surface area contributed by atoms with Crippen LogP contribution in [-0.2, 0) is 9.53 Å². The molecule has 1 N–H and O–H groups in total. The minimum absolute atomic E-state index is 0.0145. The molecule has 4 rings (SSSR count). The predicted molar refractivity (Wildman–Crippen MR) is 106 cm³/mol. The molecule has 1 fully saturated rings. The summed E-state index contributed by atoms with van der Waals surface area (Å²) in [6.07, 6.45) is 2.64. The number of nitro groups is 1. The summed E-state index contributed by atoms with van der Waals surface area (Å²) in [5, 5.41) is 14.0. The molecule has 0 aliphatic carbocycles. The Hall–Kier alpha value is -3.59. The van der Waals surface area contributed by atoms with Gasteiger partial charge in [0.2, 0.25) is 12.7 Å². The standard InChI is InChI=1S/C20H19N3O6/c24-20(21-15-2-4-16(5-3-15)22-7-9-27-10-8-22)6-1-14-11-18-19(29-13-28-18)12-17(14)23(25)26/h1-6,11-12H,7-10,13H2,(H,21,24)/b6-1+. The highest BCUT2D eigenvalue weighted by atomic mass is 16.7. The number of ether oxygens (including phenoxy) is 3. The van der Waals surface area contributed by atoms with Gasteiger partial charge in [0.1, 0.15) is 0 Å². The van der Waals surface area contributed by atoms with Crippen LogP contribution in [0.15, 0.2) is 42.5 Å². The third-order valence-electron chi connectivity index (χ3n) is 4.64. The van der Waals surface area contributed by atoms with Gasteiger partial charge in [-0.2, -0.15) is 0 Å². The predicted octanol–water partition coefficient (Wildman–Crippen LogP) is 2.81. The van der Waals surface area contributed by atoms with Gasteiger partial charge < -0.3 is 24.4 Å². The average Bonchev–Trinajstić information content (AvgIpc) is 3.20. The molecule has 1 saturated heterocycles. The van der Waals surface area contributed by atoms with Crippen LogP contribution in [0, 0.1) is 10.1 Å². The normalized spacial score (nSPS) is 15.5. The molecule has 0 spiro atoms. The molecule has 2 aromatic rings. The van der Waals surface area contributed by atoms with E-state index in [0.717, 1.165) is 18.8 Å². The van der Waals surface area contributed by atoms with Gasteiger partial charge in [0.05, 0.1) is 29.8 Å². The molecular formula is C20H19N3O6. The summed E-state index contributed by atoms with van der Waals surface area (Å²) in [4.78, 5) is 25.2. The lowest BCUT2D eigenvalue weighted by atomic mass is 10.1. The van der Waals surface area contributed by atoms with Crippen LogP contribution in [0.2, 0.25) is 0 Å². The van der Waals surface area contributed by atoms with Gasteiger partial charge in [-0.05, 0) is 36.4 Å². The van der Waals surface area contributed by atoms with Crippen LogP contribution in [0.3, 0.4) is 0 Å². The number of fused-ring (bicyclic) bond motifs is 1. The maximum atomic E-state index is 12.2. The second-order valence-electron chi connectivity index (χ2n) is 6.49. The molecule has 150 valence electrons. The van der Waals surface area contributed by atoms with E-state index in [1.165, 1.54) is 24.3 Å². The maximum Gasteiger partial charge on any atom is 0.280 e. The fourth-order valence-electron chi connectivity index (χ4n) is 3.17. The molecule has 0 saturated carbocycles. The fourth-order valence-corrected chi connectivity index (χ4v) is 3.17. The van der Waals surface area contributed by atoms with Crippen LogP contribution in [0.5, 0.6) is 11.5 Å². The first-order valence-electron chi connectivity index (χ1n) is 9.10. The molecule has 9 nitrogen and oxygen atoms in total. The minimum Gasteiger partial charge on any atom is -0.454 e. The fraction of sp³-hybridized carbons (Fsp3) is 0.250. The number of carbonyl (C=O) groups is 1. The number of nitrogens with zero attached hydrogens (tertiary/aromatic N) is 2. The van der Waals surface area contributed by atoms with Crippen LogP contribution in [0.1, 0.15) is 5.56 Å². The van der Waals surface area contributed by atoms with E-state index in [0.29, 0.717) is 30.4 Å². The lowest BCUT2D eigenvalue weighted by Crippen LogP contribution is -2.36. The molecule has 29 heavy (non-hydrogen) atoms. The minimum atomic E-state index is -0.524. The molecule has 2 aromatic carbocycles. The zero-order valence-corrected chi connectivity index (χ0v) is 15.5. The number of rotatable bonds is 5. The van der Waals surface area contributed by atoms with Gasteiger partial charge in [-0.25, -0.2) is 0 Å². The van der Waals surface area contributed by atoms with Crippen LogP contribution in [0.25, 0.3) is 6.08 Å². The summed E-state index contributed by atoms with van der Waals surface area (Å²) in [5.41, 5.74) is 1.81. The second kappa shape index (κ2) is 8.19. The van der Waals surface area contributed by atoms with Gasteiger partial charge in [-0.3, -0.25) is 14.9 Å². The van der Waals surface area contributed by atoms with Crippen molar-refractivity contribution in [1.82, 2.24) is 0 Å². The van der Waals surface area contributed by atoms with Gasteiger partial charge in [0.15, 0.2) is 11.5 Å². The summed E-state index contributed by atoms with van der Waals surface area (Å²) in [7, 11) is 0. The number of anilines is 2. The third-order valence-corrected chi connectivity index (χ3v) is 4.64. The molecule has 1 amide bonds. The van der Waals surface area contributed by atoms with Crippen molar-refractivity contribution >= 4 is 29.0 Å². The number of hydrogen-bond donors (Lipinski definition) is 1. The zero-order chi connectivity index (χ0) is 20.2. The van der Waals surface area contributed by atoms with Gasteiger partial charge >= 0.3 is 0 Å². The largest absolute Gasteiger partial charge is 0.454 e. The number of hydrogen-bond acceptors (Lipinski definition) is 7. The van der Waals surface area contributed by atoms with Gasteiger partial charge in [-0.15, -0.1) is 0 Å². The third kappa shape index (κ3) is 4.30. The van der Waals surface area contributed by atoms with Crippen molar-refractivity contribution < 1.29 is 23.9 Å². The number of benzene rings is 2. The lowest BCUT2D eigenvalue weighted by Gasteiger charge is -2.28. The Morgan fingerprint density at radius 3 is 2.48 bits per heavy atom. The van der Waals surface area contributed by atoms with Crippen molar-refractivity contribution in [2.75, 3.05) is 43.3 Å². The monoisotopic (exact) mass is 397 g/mol. The summed E-state index contributed by atoms with van der Waals surface area (Å²) in [6, 6.07) is 10.3. The summed E-state index contributed by atoms with van der Waals surface area (Å²) >= 11 is 0. The Morgan fingerprint density at radius 1 is 1.10 bits per heavy atom. The number of amides is 1. The van der Waals surface area contributed by atoms with E-state index in [2.05, 4.69) is 10.2 Å². The molecular weight excluding hydrogens is 378 g/mol. The van der Waals surface area contributed by atoms with Gasteiger partial charge in [-0.1, -0.05) is 0 Å². The lowest BCUT2D eigenvalue weighted by molar-refractivity contribution is -0.385. The van der Waals surface area contributed by atoms with Crippen molar-refractivity contribution in [3.05, 3.63) is 58.2 Å². The second-order valence-corrected chi connectivity index (χ2v) is 6.49. The van der Waals surface area contributed by atoms with Crippen molar-refractivity contribution in [3.63, 3.8) is 0 Å². The highest BCUT2D eigenvalue weighted by Crippen LogP contribution is 2.38. The van der Waals surface area contributed by atoms with Gasteiger partial charge in [0, 0.05) is 30.5 Å². The smallest absolute Gasteiger partial charge is 0.280 e. The maximum absolute atomic E-state index is 12.2.